The fourth-order valence-electron chi connectivity index (χ4n) is 6.06. The van der Waals surface area contributed by atoms with Crippen LogP contribution >= 0.6 is 0 Å². The van der Waals surface area contributed by atoms with Crippen molar-refractivity contribution in [2.24, 2.45) is 5.41 Å². The van der Waals surface area contributed by atoms with E-state index in [-0.39, 0.29) is 5.82 Å². The van der Waals surface area contributed by atoms with Gasteiger partial charge in [0, 0.05) is 44.4 Å². The molecule has 2 saturated heterocycles. The quantitative estimate of drug-likeness (QED) is 0.484. The third kappa shape index (κ3) is 4.28. The molecule has 3 aliphatic rings. The fraction of sp³-hybridized carbons (Fsp3) is 0.393. The summed E-state index contributed by atoms with van der Waals surface area (Å²) in [6.45, 7) is 3.11. The van der Waals surface area contributed by atoms with Gasteiger partial charge in [-0.1, -0.05) is 11.6 Å². The predicted molar refractivity (Wildman–Crippen MR) is 141 cm³/mol. The summed E-state index contributed by atoms with van der Waals surface area (Å²) in [7, 11) is -2.01. The molecule has 37 heavy (non-hydrogen) atoms. The number of aromatic nitrogens is 2. The Labute approximate surface area is 217 Å². The number of halogens is 1. The van der Waals surface area contributed by atoms with Crippen molar-refractivity contribution in [2.75, 3.05) is 44.8 Å². The Hall–Kier alpha value is -3.01. The molecule has 3 heterocycles. The van der Waals surface area contributed by atoms with Crippen molar-refractivity contribution in [3.8, 4) is 5.69 Å². The van der Waals surface area contributed by atoms with Crippen LogP contribution in [0.1, 0.15) is 30.5 Å². The van der Waals surface area contributed by atoms with Gasteiger partial charge in [0.1, 0.15) is 5.82 Å². The van der Waals surface area contributed by atoms with Gasteiger partial charge in [-0.15, -0.1) is 0 Å². The van der Waals surface area contributed by atoms with Crippen molar-refractivity contribution in [1.82, 2.24) is 14.1 Å². The van der Waals surface area contributed by atoms with E-state index in [1.807, 2.05) is 29.1 Å². The van der Waals surface area contributed by atoms with Gasteiger partial charge in [0.15, 0.2) is 0 Å². The summed E-state index contributed by atoms with van der Waals surface area (Å²) >= 11 is 0. The summed E-state index contributed by atoms with van der Waals surface area (Å²) in [4.78, 5) is 2.60. The van der Waals surface area contributed by atoms with Crippen molar-refractivity contribution >= 4 is 21.8 Å². The Morgan fingerprint density at radius 3 is 2.59 bits per heavy atom. The minimum absolute atomic E-state index is 0.290. The molecule has 3 aromatic rings. The van der Waals surface area contributed by atoms with E-state index < -0.39 is 15.4 Å². The van der Waals surface area contributed by atoms with Crippen LogP contribution in [0.5, 0.6) is 0 Å². The van der Waals surface area contributed by atoms with Gasteiger partial charge >= 0.3 is 0 Å². The molecule has 2 aromatic carbocycles. The van der Waals surface area contributed by atoms with E-state index in [1.54, 1.807) is 29.6 Å². The van der Waals surface area contributed by atoms with E-state index >= 15 is 0 Å². The lowest BCUT2D eigenvalue weighted by molar-refractivity contribution is 0.0733. The second kappa shape index (κ2) is 9.38. The van der Waals surface area contributed by atoms with Gasteiger partial charge in [-0.25, -0.2) is 17.5 Å². The summed E-state index contributed by atoms with van der Waals surface area (Å²) in [5.74, 6) is -0.290. The molecule has 194 valence electrons. The van der Waals surface area contributed by atoms with E-state index in [0.29, 0.717) is 37.4 Å². The first-order valence-corrected chi connectivity index (χ1v) is 14.2. The molecule has 9 heteroatoms. The zero-order valence-corrected chi connectivity index (χ0v) is 21.8. The number of piperidine rings is 1. The zero-order valence-electron chi connectivity index (χ0n) is 20.9. The molecule has 0 N–H and O–H groups in total. The molecule has 0 saturated carbocycles. The van der Waals surface area contributed by atoms with Crippen molar-refractivity contribution < 1.29 is 17.5 Å². The van der Waals surface area contributed by atoms with Crippen LogP contribution in [0, 0.1) is 11.2 Å². The summed E-state index contributed by atoms with van der Waals surface area (Å²) in [5.41, 5.74) is 4.46. The summed E-state index contributed by atoms with van der Waals surface area (Å²) < 4.78 is 50.3. The molecule has 0 radical (unpaired) electrons. The Balaban J connectivity index is 1.31. The maximum atomic E-state index is 13.8. The monoisotopic (exact) mass is 522 g/mol. The van der Waals surface area contributed by atoms with Crippen LogP contribution in [0.4, 0.5) is 10.1 Å². The SMILES string of the molecule is COCC12Cc3cnn(-c4ccc(F)cc4)c3C=C1CCN(S(=O)(=O)c1cccc(N3CCCC3)c1)C2. The molecule has 1 aliphatic carbocycles. The predicted octanol–water partition coefficient (Wildman–Crippen LogP) is 4.28. The van der Waals surface area contributed by atoms with Gasteiger partial charge in [-0.05, 0) is 79.8 Å². The van der Waals surface area contributed by atoms with Crippen LogP contribution < -0.4 is 4.90 Å². The summed E-state index contributed by atoms with van der Waals surface area (Å²) in [6, 6.07) is 13.6. The highest BCUT2D eigenvalue weighted by Crippen LogP contribution is 2.45. The number of hydrogen-bond acceptors (Lipinski definition) is 5. The Bertz CT molecular complexity index is 1440. The van der Waals surface area contributed by atoms with Crippen molar-refractivity contribution in [3.05, 3.63) is 77.4 Å². The van der Waals surface area contributed by atoms with Gasteiger partial charge in [-0.2, -0.15) is 9.40 Å². The van der Waals surface area contributed by atoms with Crippen molar-refractivity contribution in [3.63, 3.8) is 0 Å². The highest BCUT2D eigenvalue weighted by atomic mass is 32.2. The molecule has 2 aliphatic heterocycles. The van der Waals surface area contributed by atoms with Gasteiger partial charge < -0.3 is 9.64 Å². The van der Waals surface area contributed by atoms with Crippen molar-refractivity contribution in [1.29, 1.82) is 0 Å². The van der Waals surface area contributed by atoms with Gasteiger partial charge in [0.25, 0.3) is 0 Å². The lowest BCUT2D eigenvalue weighted by Crippen LogP contribution is -2.51. The molecular formula is C28H31FN4O3S. The fourth-order valence-corrected chi connectivity index (χ4v) is 7.63. The van der Waals surface area contributed by atoms with Gasteiger partial charge in [0.2, 0.25) is 10.0 Å². The Morgan fingerprint density at radius 2 is 1.84 bits per heavy atom. The number of hydrogen-bond donors (Lipinski definition) is 0. The molecule has 7 nitrogen and oxygen atoms in total. The largest absolute Gasteiger partial charge is 0.384 e. The number of rotatable bonds is 6. The summed E-state index contributed by atoms with van der Waals surface area (Å²) in [6.07, 6.45) is 7.48. The average molecular weight is 523 g/mol. The van der Waals surface area contributed by atoms with E-state index in [1.165, 1.54) is 17.7 Å². The molecule has 0 bridgehead atoms. The number of methoxy groups -OCH3 is 1. The van der Waals surface area contributed by atoms with E-state index in [0.717, 1.165) is 48.6 Å². The molecule has 2 fully saturated rings. The Morgan fingerprint density at radius 1 is 1.05 bits per heavy atom. The number of anilines is 1. The number of ether oxygens (including phenoxy) is 1. The first kappa shape index (κ1) is 24.3. The lowest BCUT2D eigenvalue weighted by atomic mass is 9.69. The average Bonchev–Trinajstić information content (AvgIpc) is 3.58. The number of benzene rings is 2. The highest BCUT2D eigenvalue weighted by Gasteiger charge is 2.46. The molecule has 1 aromatic heterocycles. The maximum absolute atomic E-state index is 13.8. The van der Waals surface area contributed by atoms with Crippen LogP contribution in [0.3, 0.4) is 0 Å². The normalized spacial score (nSPS) is 22.0. The number of fused-ring (bicyclic) bond motifs is 2. The van der Waals surface area contributed by atoms with Crippen LogP contribution in [0.25, 0.3) is 11.8 Å². The van der Waals surface area contributed by atoms with Crippen LogP contribution in [-0.4, -0.2) is 62.4 Å². The number of nitrogens with zero attached hydrogens (tertiary/aromatic N) is 4. The topological polar surface area (TPSA) is 67.7 Å². The third-order valence-corrected chi connectivity index (χ3v) is 9.78. The van der Waals surface area contributed by atoms with Gasteiger partial charge in [-0.3, -0.25) is 0 Å². The van der Waals surface area contributed by atoms with Crippen LogP contribution in [0.15, 0.2) is 65.2 Å². The lowest BCUT2D eigenvalue weighted by Gasteiger charge is -2.45. The second-order valence-electron chi connectivity index (χ2n) is 10.3. The first-order valence-electron chi connectivity index (χ1n) is 12.8. The number of sulfonamides is 1. The van der Waals surface area contributed by atoms with E-state index in [4.69, 9.17) is 4.74 Å². The van der Waals surface area contributed by atoms with Crippen LogP contribution in [-0.2, 0) is 21.2 Å². The molecular weight excluding hydrogens is 491 g/mol. The molecule has 0 spiro atoms. The smallest absolute Gasteiger partial charge is 0.243 e. The maximum Gasteiger partial charge on any atom is 0.243 e. The highest BCUT2D eigenvalue weighted by molar-refractivity contribution is 7.89. The Kier molecular flexibility index (Phi) is 6.17. The third-order valence-electron chi connectivity index (χ3n) is 7.94. The first-order chi connectivity index (χ1) is 17.9. The van der Waals surface area contributed by atoms with Gasteiger partial charge in [0.05, 0.1) is 29.1 Å². The summed E-state index contributed by atoms with van der Waals surface area (Å²) in [5, 5.41) is 4.58. The van der Waals surface area contributed by atoms with E-state index in [2.05, 4.69) is 16.1 Å². The molecule has 0 amide bonds. The standard InChI is InChI=1S/C28H31FN4O3S/c1-36-20-28-17-21-18-30-33(24-9-7-23(29)8-10-24)27(21)15-22(28)11-14-32(19-28)37(34,35)26-6-4-5-25(16-26)31-12-2-3-13-31/h4-10,15-16,18H,2-3,11-14,17,19-20H2,1H3. The van der Waals surface area contributed by atoms with Crippen molar-refractivity contribution in [2.45, 2.75) is 30.6 Å². The second-order valence-corrected chi connectivity index (χ2v) is 12.2. The molecule has 1 atom stereocenters. The van der Waals surface area contributed by atoms with E-state index in [9.17, 15) is 12.8 Å². The van der Waals surface area contributed by atoms with Crippen LogP contribution in [0.2, 0.25) is 0 Å². The minimum Gasteiger partial charge on any atom is -0.384 e. The zero-order chi connectivity index (χ0) is 25.6. The molecule has 6 rings (SSSR count). The minimum atomic E-state index is -3.67. The molecule has 1 unspecified atom stereocenters.